The molecule has 0 radical (unpaired) electrons. The Morgan fingerprint density at radius 2 is 1.57 bits per heavy atom. The number of hydrogen-bond acceptors (Lipinski definition) is 0. The molecule has 0 N–H and O–H groups in total. The summed E-state index contributed by atoms with van der Waals surface area (Å²) in [5.41, 5.74) is 0. The van der Waals surface area contributed by atoms with Gasteiger partial charge in [0, 0.05) is 0 Å². The normalized spacial score (nSPS) is 8.86. The average molecular weight is 138 g/mol. The number of pyridine rings is 1. The molecule has 1 aromatic rings. The molecule has 2 heteroatoms. The molecule has 1 aromatic heterocycles. The van der Waals surface area contributed by atoms with E-state index in [9.17, 15) is 0 Å². The van der Waals surface area contributed by atoms with Gasteiger partial charge in [-0.05, 0) is 0 Å². The van der Waals surface area contributed by atoms with Crippen LogP contribution in [0.2, 0.25) is 0 Å². The van der Waals surface area contributed by atoms with Crippen LogP contribution in [0.15, 0.2) is 30.6 Å². The molecule has 0 saturated heterocycles. The third-order valence-corrected chi connectivity index (χ3v) is 0.955. The Hall–Kier alpha value is -0.356. The second-order valence-corrected chi connectivity index (χ2v) is 1.70. The van der Waals surface area contributed by atoms with Gasteiger partial charge in [0.2, 0.25) is 0 Å². The zero-order chi connectivity index (χ0) is 5.11. The van der Waals surface area contributed by atoms with Gasteiger partial charge in [-0.2, -0.15) is 0 Å². The van der Waals surface area contributed by atoms with Crippen molar-refractivity contribution in [3.8, 4) is 0 Å². The Bertz CT molecular complexity index is 138. The summed E-state index contributed by atoms with van der Waals surface area (Å²) in [5.74, 6) is 0. The monoisotopic (exact) mass is 137 g/mol. The van der Waals surface area contributed by atoms with E-state index < -0.39 is 0 Å². The van der Waals surface area contributed by atoms with E-state index in [0.717, 1.165) is 0 Å². The fraction of sp³-hybridized carbons (Fsp3) is 0. The van der Waals surface area contributed by atoms with Gasteiger partial charge < -0.3 is 0 Å². The Morgan fingerprint density at radius 1 is 1.00 bits per heavy atom. The summed E-state index contributed by atoms with van der Waals surface area (Å²) in [6.07, 6.45) is 3.67. The van der Waals surface area contributed by atoms with Crippen LogP contribution in [0.1, 0.15) is 0 Å². The van der Waals surface area contributed by atoms with E-state index in [2.05, 4.69) is 15.7 Å². The van der Waals surface area contributed by atoms with Gasteiger partial charge in [0.15, 0.2) is 0 Å². The van der Waals surface area contributed by atoms with E-state index in [1.165, 1.54) is 0 Å². The molecule has 7 heavy (non-hydrogen) atoms. The molecule has 0 aromatic carbocycles. The minimum absolute atomic E-state index is 1.62. The Morgan fingerprint density at radius 3 is 1.86 bits per heavy atom. The quantitative estimate of drug-likeness (QED) is 0.453. The van der Waals surface area contributed by atoms with Crippen LogP contribution in [-0.4, -0.2) is 0 Å². The topological polar surface area (TPSA) is 3.88 Å². The van der Waals surface area contributed by atoms with Crippen molar-refractivity contribution in [2.75, 3.05) is 0 Å². The molecule has 0 amide bonds. The van der Waals surface area contributed by atoms with Gasteiger partial charge in [-0.3, -0.25) is 0 Å². The van der Waals surface area contributed by atoms with Crippen molar-refractivity contribution in [1.29, 1.82) is 0 Å². The van der Waals surface area contributed by atoms with Crippen molar-refractivity contribution < 1.29 is 19.3 Å². The van der Waals surface area contributed by atoms with Gasteiger partial charge in [-0.25, -0.2) is 0 Å². The molecular weight excluding hydrogens is 133 g/mol. The Labute approximate surface area is 50.5 Å². The van der Waals surface area contributed by atoms with Crippen molar-refractivity contribution in [3.63, 3.8) is 0 Å². The van der Waals surface area contributed by atoms with Gasteiger partial charge >= 0.3 is 49.9 Å². The van der Waals surface area contributed by atoms with Gasteiger partial charge in [0.25, 0.3) is 0 Å². The molecule has 0 aliphatic rings. The van der Waals surface area contributed by atoms with Gasteiger partial charge in [0.05, 0.1) is 0 Å². The van der Waals surface area contributed by atoms with Crippen molar-refractivity contribution in [1.82, 2.24) is 0 Å². The van der Waals surface area contributed by atoms with E-state index in [1.54, 1.807) is 3.65 Å². The van der Waals surface area contributed by atoms with Crippen LogP contribution in [0.25, 0.3) is 0 Å². The molecule has 0 bridgehead atoms. The van der Waals surface area contributed by atoms with E-state index in [-0.39, 0.29) is 0 Å². The third-order valence-electron chi connectivity index (χ3n) is 0.661. The number of rotatable bonds is 0. The van der Waals surface area contributed by atoms with Gasteiger partial charge in [0.1, 0.15) is 0 Å². The first-order chi connectivity index (χ1) is 3.39. The van der Waals surface area contributed by atoms with Crippen LogP contribution in [0.3, 0.4) is 0 Å². The van der Waals surface area contributed by atoms with E-state index in [1.807, 2.05) is 30.6 Å². The molecule has 39 valence electrons. The number of hydrogen-bond donors (Lipinski definition) is 0. The summed E-state index contributed by atoms with van der Waals surface area (Å²) < 4.78 is 1.62. The maximum atomic E-state index is 4.46. The summed E-state index contributed by atoms with van der Waals surface area (Å²) in [6, 6.07) is 5.75. The zero-order valence-corrected chi connectivity index (χ0v) is 4.64. The molecule has 0 aliphatic heterocycles. The molecule has 0 spiro atoms. The molecule has 0 aliphatic carbocycles. The first kappa shape index (κ1) is 4.79. The summed E-state index contributed by atoms with van der Waals surface area (Å²) in [6.45, 7) is 0. The SMILES string of the molecule is [Ni][n+]1ccccc1. The van der Waals surface area contributed by atoms with Crippen LogP contribution in [-0.2, 0) is 15.7 Å². The standard InChI is InChI=1S/C5H5N.Ni/c1-2-4-6-5-3-1;/h1-5H;/q;+1. The molecule has 1 rings (SSSR count). The third kappa shape index (κ3) is 1.28. The van der Waals surface area contributed by atoms with Crippen molar-refractivity contribution >= 4 is 0 Å². The van der Waals surface area contributed by atoms with Gasteiger partial charge in [-0.1, -0.05) is 0 Å². The predicted molar refractivity (Wildman–Crippen MR) is 22.0 cm³/mol. The van der Waals surface area contributed by atoms with Crippen molar-refractivity contribution in [2.45, 2.75) is 0 Å². The molecule has 0 unspecified atom stereocenters. The van der Waals surface area contributed by atoms with Crippen LogP contribution >= 0.6 is 0 Å². The fourth-order valence-electron chi connectivity index (χ4n) is 0.367. The molecule has 1 heterocycles. The second kappa shape index (κ2) is 2.08. The zero-order valence-electron chi connectivity index (χ0n) is 3.65. The second-order valence-electron chi connectivity index (χ2n) is 1.19. The van der Waals surface area contributed by atoms with Crippen molar-refractivity contribution in [2.24, 2.45) is 0 Å². The summed E-state index contributed by atoms with van der Waals surface area (Å²) >= 11 is 4.46. The number of nitrogens with zero attached hydrogens (tertiary/aromatic N) is 1. The van der Waals surface area contributed by atoms with Crippen molar-refractivity contribution in [3.05, 3.63) is 30.6 Å². The Kier molecular flexibility index (Phi) is 1.43. The van der Waals surface area contributed by atoms with Crippen LogP contribution in [0.4, 0.5) is 0 Å². The maximum absolute atomic E-state index is 4.46. The summed E-state index contributed by atoms with van der Waals surface area (Å²) in [5, 5.41) is 0. The minimum atomic E-state index is 1.62. The van der Waals surface area contributed by atoms with Crippen LogP contribution in [0, 0.1) is 0 Å². The first-order valence-electron chi connectivity index (χ1n) is 1.99. The van der Waals surface area contributed by atoms with Crippen LogP contribution < -0.4 is 3.65 Å². The van der Waals surface area contributed by atoms with Crippen LogP contribution in [0.5, 0.6) is 0 Å². The van der Waals surface area contributed by atoms with Gasteiger partial charge in [-0.15, -0.1) is 0 Å². The summed E-state index contributed by atoms with van der Waals surface area (Å²) in [7, 11) is 0. The van der Waals surface area contributed by atoms with E-state index >= 15 is 0 Å². The van der Waals surface area contributed by atoms with E-state index in [0.29, 0.717) is 0 Å². The van der Waals surface area contributed by atoms with E-state index in [4.69, 9.17) is 0 Å². The number of aromatic nitrogens is 1. The Balaban J connectivity index is 3.02. The fourth-order valence-corrected chi connectivity index (χ4v) is 0.537. The predicted octanol–water partition coefficient (Wildman–Crippen LogP) is 0.284. The molecular formula is C5H5NNi+. The molecule has 1 nitrogen and oxygen atoms in total. The molecule has 0 atom stereocenters. The summed E-state index contributed by atoms with van der Waals surface area (Å²) in [4.78, 5) is 0. The average Bonchev–Trinajstić information content (AvgIpc) is 1.69. The molecule has 0 fully saturated rings. The molecule has 0 saturated carbocycles. The first-order valence-corrected chi connectivity index (χ1v) is 2.43.